The number of amides is 1. The lowest BCUT2D eigenvalue weighted by molar-refractivity contribution is -0.402. The second kappa shape index (κ2) is 5.55. The summed E-state index contributed by atoms with van der Waals surface area (Å²) in [4.78, 5) is 24.4. The van der Waals surface area contributed by atoms with Crippen molar-refractivity contribution in [2.75, 3.05) is 13.3 Å². The van der Waals surface area contributed by atoms with Gasteiger partial charge < -0.3 is 18.8 Å². The Morgan fingerprint density at radius 2 is 2.04 bits per heavy atom. The number of benzene rings is 1. The highest BCUT2D eigenvalue weighted by Gasteiger charge is 2.33. The lowest BCUT2D eigenvalue weighted by Crippen LogP contribution is -2.30. The molecule has 1 amide bonds. The van der Waals surface area contributed by atoms with Crippen molar-refractivity contribution in [3.05, 3.63) is 51.8 Å². The molecule has 0 aliphatic carbocycles. The van der Waals surface area contributed by atoms with Gasteiger partial charge in [0.05, 0.1) is 12.1 Å². The average molecular weight is 330 g/mol. The van der Waals surface area contributed by atoms with E-state index in [9.17, 15) is 14.9 Å². The van der Waals surface area contributed by atoms with E-state index in [1.54, 1.807) is 4.90 Å². The van der Waals surface area contributed by atoms with E-state index in [1.165, 1.54) is 12.1 Å². The predicted molar refractivity (Wildman–Crippen MR) is 80.9 cm³/mol. The summed E-state index contributed by atoms with van der Waals surface area (Å²) in [6.07, 6.45) is 1.67. The molecule has 0 spiro atoms. The molecule has 1 unspecified atom stereocenters. The molecular weight excluding hydrogens is 316 g/mol. The van der Waals surface area contributed by atoms with Gasteiger partial charge in [0.25, 0.3) is 5.91 Å². The van der Waals surface area contributed by atoms with Crippen molar-refractivity contribution in [2.45, 2.75) is 18.9 Å². The first kappa shape index (κ1) is 14.6. The first-order valence-corrected chi connectivity index (χ1v) is 7.58. The molecule has 1 fully saturated rings. The molecule has 0 radical (unpaired) electrons. The van der Waals surface area contributed by atoms with E-state index in [-0.39, 0.29) is 24.5 Å². The standard InChI is InChI=1S/C16H14N2O6/c19-16(13-5-6-15(24-13)18(20)21)17-7-1-2-11(17)10-3-4-12-14(8-10)23-9-22-12/h3-6,8,11H,1-2,7,9H2. The molecule has 2 aliphatic heterocycles. The maximum atomic E-state index is 12.7. The van der Waals surface area contributed by atoms with Crippen LogP contribution in [-0.4, -0.2) is 29.1 Å². The molecule has 1 aromatic carbocycles. The highest BCUT2D eigenvalue weighted by Crippen LogP contribution is 2.39. The van der Waals surface area contributed by atoms with Crippen molar-refractivity contribution in [1.29, 1.82) is 0 Å². The number of ether oxygens (including phenoxy) is 2. The zero-order valence-corrected chi connectivity index (χ0v) is 12.6. The smallest absolute Gasteiger partial charge is 0.433 e. The number of likely N-dealkylation sites (tertiary alicyclic amines) is 1. The first-order valence-electron chi connectivity index (χ1n) is 7.58. The van der Waals surface area contributed by atoms with Crippen LogP contribution in [0.3, 0.4) is 0 Å². The molecule has 1 aromatic heterocycles. The molecule has 2 aliphatic rings. The van der Waals surface area contributed by atoms with Crippen LogP contribution in [0.1, 0.15) is 35.0 Å². The van der Waals surface area contributed by atoms with Crippen molar-refractivity contribution in [3.63, 3.8) is 0 Å². The summed E-state index contributed by atoms with van der Waals surface area (Å²) >= 11 is 0. The van der Waals surface area contributed by atoms with E-state index < -0.39 is 10.8 Å². The molecule has 0 bridgehead atoms. The maximum Gasteiger partial charge on any atom is 0.433 e. The van der Waals surface area contributed by atoms with E-state index in [0.717, 1.165) is 18.4 Å². The number of furan rings is 1. The Labute approximate surface area is 136 Å². The number of nitrogens with zero attached hydrogens (tertiary/aromatic N) is 2. The minimum atomic E-state index is -0.657. The zero-order valence-electron chi connectivity index (χ0n) is 12.6. The van der Waals surface area contributed by atoms with Crippen molar-refractivity contribution < 1.29 is 23.6 Å². The molecule has 8 nitrogen and oxygen atoms in total. The van der Waals surface area contributed by atoms with Crippen LogP contribution >= 0.6 is 0 Å². The minimum absolute atomic E-state index is 0.0191. The normalized spacial score (nSPS) is 18.8. The van der Waals surface area contributed by atoms with Crippen LogP contribution in [0.25, 0.3) is 0 Å². The quantitative estimate of drug-likeness (QED) is 0.634. The third kappa shape index (κ3) is 2.36. The molecule has 8 heteroatoms. The number of hydrogen-bond donors (Lipinski definition) is 0. The highest BCUT2D eigenvalue weighted by atomic mass is 16.7. The van der Waals surface area contributed by atoms with Crippen LogP contribution in [0.15, 0.2) is 34.7 Å². The van der Waals surface area contributed by atoms with Gasteiger partial charge in [-0.3, -0.25) is 14.9 Å². The Hall–Kier alpha value is -3.03. The third-order valence-electron chi connectivity index (χ3n) is 4.28. The highest BCUT2D eigenvalue weighted by molar-refractivity contribution is 5.92. The second-order valence-corrected chi connectivity index (χ2v) is 5.66. The predicted octanol–water partition coefficient (Wildman–Crippen LogP) is 2.89. The van der Waals surface area contributed by atoms with Gasteiger partial charge in [0.2, 0.25) is 6.79 Å². The maximum absolute atomic E-state index is 12.7. The van der Waals surface area contributed by atoms with Gasteiger partial charge in [-0.05, 0) is 36.6 Å². The molecule has 0 N–H and O–H groups in total. The molecule has 124 valence electrons. The van der Waals surface area contributed by atoms with Crippen LogP contribution in [0.2, 0.25) is 0 Å². The molecule has 24 heavy (non-hydrogen) atoms. The number of nitro groups is 1. The van der Waals surface area contributed by atoms with Gasteiger partial charge in [0, 0.05) is 6.54 Å². The lowest BCUT2D eigenvalue weighted by atomic mass is 10.0. The Kier molecular flexibility index (Phi) is 3.37. The Morgan fingerprint density at radius 1 is 1.21 bits per heavy atom. The van der Waals surface area contributed by atoms with Gasteiger partial charge >= 0.3 is 5.88 Å². The Balaban J connectivity index is 1.60. The molecule has 4 rings (SSSR count). The third-order valence-corrected chi connectivity index (χ3v) is 4.28. The molecular formula is C16H14N2O6. The van der Waals surface area contributed by atoms with Gasteiger partial charge in [0.15, 0.2) is 17.3 Å². The summed E-state index contributed by atoms with van der Waals surface area (Å²) in [6, 6.07) is 8.04. The van der Waals surface area contributed by atoms with Crippen molar-refractivity contribution in [3.8, 4) is 11.5 Å². The summed E-state index contributed by atoms with van der Waals surface area (Å²) in [5, 5.41) is 10.7. The van der Waals surface area contributed by atoms with Crippen molar-refractivity contribution in [2.24, 2.45) is 0 Å². The molecule has 3 heterocycles. The number of carbonyl (C=O) groups is 1. The molecule has 2 aromatic rings. The van der Waals surface area contributed by atoms with E-state index in [4.69, 9.17) is 13.9 Å². The number of fused-ring (bicyclic) bond motifs is 1. The summed E-state index contributed by atoms with van der Waals surface area (Å²) in [6.45, 7) is 0.772. The van der Waals surface area contributed by atoms with Gasteiger partial charge in [0.1, 0.15) is 4.92 Å². The lowest BCUT2D eigenvalue weighted by Gasteiger charge is -2.24. The Bertz CT molecular complexity index is 815. The van der Waals surface area contributed by atoms with Crippen LogP contribution < -0.4 is 9.47 Å². The number of rotatable bonds is 3. The van der Waals surface area contributed by atoms with Crippen LogP contribution in [-0.2, 0) is 0 Å². The van der Waals surface area contributed by atoms with Crippen molar-refractivity contribution >= 4 is 11.8 Å². The SMILES string of the molecule is O=C(c1ccc([N+](=O)[O-])o1)N1CCCC1c1ccc2c(c1)OCO2. The second-order valence-electron chi connectivity index (χ2n) is 5.66. The van der Waals surface area contributed by atoms with Crippen LogP contribution in [0.5, 0.6) is 11.5 Å². The minimum Gasteiger partial charge on any atom is -0.454 e. The summed E-state index contributed by atoms with van der Waals surface area (Å²) < 4.78 is 15.7. The van der Waals surface area contributed by atoms with E-state index in [1.807, 2.05) is 18.2 Å². The summed E-state index contributed by atoms with van der Waals surface area (Å²) in [7, 11) is 0. The topological polar surface area (TPSA) is 95.0 Å². The number of carbonyl (C=O) groups excluding carboxylic acids is 1. The average Bonchev–Trinajstić information content (AvgIpc) is 3.31. The zero-order chi connectivity index (χ0) is 16.7. The van der Waals surface area contributed by atoms with Gasteiger partial charge in [-0.2, -0.15) is 0 Å². The Morgan fingerprint density at radius 3 is 2.83 bits per heavy atom. The molecule has 1 saturated heterocycles. The van der Waals surface area contributed by atoms with E-state index >= 15 is 0 Å². The fraction of sp³-hybridized carbons (Fsp3) is 0.312. The van der Waals surface area contributed by atoms with Crippen LogP contribution in [0.4, 0.5) is 5.88 Å². The van der Waals surface area contributed by atoms with Gasteiger partial charge in [-0.15, -0.1) is 0 Å². The van der Waals surface area contributed by atoms with E-state index in [2.05, 4.69) is 0 Å². The first-order chi connectivity index (χ1) is 11.6. The van der Waals surface area contributed by atoms with Gasteiger partial charge in [-0.25, -0.2) is 0 Å². The summed E-state index contributed by atoms with van der Waals surface area (Å²) in [5.74, 6) is 0.562. The number of hydrogen-bond acceptors (Lipinski definition) is 6. The van der Waals surface area contributed by atoms with Gasteiger partial charge in [-0.1, -0.05) is 6.07 Å². The summed E-state index contributed by atoms with van der Waals surface area (Å²) in [5.41, 5.74) is 0.950. The van der Waals surface area contributed by atoms with E-state index in [0.29, 0.717) is 18.0 Å². The largest absolute Gasteiger partial charge is 0.454 e. The van der Waals surface area contributed by atoms with Crippen LogP contribution in [0, 0.1) is 10.1 Å². The van der Waals surface area contributed by atoms with Crippen molar-refractivity contribution in [1.82, 2.24) is 4.90 Å². The molecule has 0 saturated carbocycles. The monoisotopic (exact) mass is 330 g/mol. The molecule has 1 atom stereocenters. The fourth-order valence-corrected chi connectivity index (χ4v) is 3.16. The fourth-order valence-electron chi connectivity index (χ4n) is 3.16.